The average Bonchev–Trinajstić information content (AvgIpc) is 2.18. The van der Waals surface area contributed by atoms with Gasteiger partial charge < -0.3 is 20.7 Å². The van der Waals surface area contributed by atoms with Crippen molar-refractivity contribution < 1.29 is 14.9 Å². The molecule has 0 atom stereocenters. The normalized spacial score (nSPS) is 10.1. The lowest BCUT2D eigenvalue weighted by Crippen LogP contribution is -2.00. The molecule has 0 bridgehead atoms. The summed E-state index contributed by atoms with van der Waals surface area (Å²) in [5.41, 5.74) is 7.33. The Kier molecular flexibility index (Phi) is 3.11. The molecule has 0 heterocycles. The van der Waals surface area contributed by atoms with Gasteiger partial charge in [0.2, 0.25) is 0 Å². The maximum absolute atomic E-state index is 8.94. The Labute approximate surface area is 76.6 Å². The third-order valence-electron chi connectivity index (χ3n) is 1.86. The first-order valence-electron chi connectivity index (χ1n) is 3.90. The molecule has 0 saturated carbocycles. The van der Waals surface area contributed by atoms with Crippen LogP contribution in [0.15, 0.2) is 12.1 Å². The molecular weight excluding hydrogens is 170 g/mol. The summed E-state index contributed by atoms with van der Waals surface area (Å²) < 4.78 is 4.98. The Bertz CT molecular complexity index is 274. The molecule has 0 aliphatic carbocycles. The summed E-state index contributed by atoms with van der Waals surface area (Å²) in [4.78, 5) is 0. The Hall–Kier alpha value is -1.26. The van der Waals surface area contributed by atoms with Crippen molar-refractivity contribution in [2.24, 2.45) is 0 Å². The van der Waals surface area contributed by atoms with E-state index in [1.165, 1.54) is 7.11 Å². The lowest BCUT2D eigenvalue weighted by Gasteiger charge is -2.10. The smallest absolute Gasteiger partial charge is 0.142 e. The molecule has 1 aromatic carbocycles. The van der Waals surface area contributed by atoms with E-state index in [0.717, 1.165) is 0 Å². The first kappa shape index (κ1) is 9.83. The van der Waals surface area contributed by atoms with Crippen molar-refractivity contribution in [3.05, 3.63) is 23.3 Å². The first-order chi connectivity index (χ1) is 6.22. The largest absolute Gasteiger partial charge is 0.495 e. The van der Waals surface area contributed by atoms with Gasteiger partial charge in [-0.25, -0.2) is 0 Å². The van der Waals surface area contributed by atoms with Crippen molar-refractivity contribution in [1.82, 2.24) is 0 Å². The summed E-state index contributed by atoms with van der Waals surface area (Å²) in [6.07, 6.45) is 0. The van der Waals surface area contributed by atoms with Gasteiger partial charge in [0.25, 0.3) is 0 Å². The van der Waals surface area contributed by atoms with Crippen LogP contribution < -0.4 is 10.5 Å². The summed E-state index contributed by atoms with van der Waals surface area (Å²) >= 11 is 0. The highest BCUT2D eigenvalue weighted by Crippen LogP contribution is 2.27. The van der Waals surface area contributed by atoms with E-state index in [1.54, 1.807) is 12.1 Å². The van der Waals surface area contributed by atoms with Crippen molar-refractivity contribution in [3.63, 3.8) is 0 Å². The van der Waals surface area contributed by atoms with E-state index in [1.807, 2.05) is 0 Å². The van der Waals surface area contributed by atoms with Gasteiger partial charge in [0.15, 0.2) is 0 Å². The molecule has 72 valence electrons. The van der Waals surface area contributed by atoms with Crippen molar-refractivity contribution in [3.8, 4) is 5.75 Å². The SMILES string of the molecule is COc1cc(CO)cc(CO)c1N. The molecule has 0 fully saturated rings. The standard InChI is InChI=1S/C9H13NO3/c1-13-8-3-6(4-11)2-7(5-12)9(8)10/h2-3,11-12H,4-5,10H2,1H3. The van der Waals surface area contributed by atoms with E-state index < -0.39 is 0 Å². The molecular formula is C9H13NO3. The molecule has 0 aromatic heterocycles. The van der Waals surface area contributed by atoms with Crippen molar-refractivity contribution in [2.75, 3.05) is 12.8 Å². The highest BCUT2D eigenvalue weighted by molar-refractivity contribution is 5.59. The maximum Gasteiger partial charge on any atom is 0.142 e. The van der Waals surface area contributed by atoms with Gasteiger partial charge >= 0.3 is 0 Å². The van der Waals surface area contributed by atoms with Crippen LogP contribution in [-0.2, 0) is 13.2 Å². The third-order valence-corrected chi connectivity index (χ3v) is 1.86. The molecule has 0 unspecified atom stereocenters. The summed E-state index contributed by atoms with van der Waals surface area (Å²) in [5, 5.41) is 17.8. The van der Waals surface area contributed by atoms with E-state index in [2.05, 4.69) is 0 Å². The Morgan fingerprint density at radius 2 is 2.00 bits per heavy atom. The summed E-state index contributed by atoms with van der Waals surface area (Å²) in [7, 11) is 1.49. The van der Waals surface area contributed by atoms with Crippen molar-refractivity contribution in [2.45, 2.75) is 13.2 Å². The summed E-state index contributed by atoms with van der Waals surface area (Å²) in [6.45, 7) is -0.250. The minimum absolute atomic E-state index is 0.0936. The van der Waals surface area contributed by atoms with Gasteiger partial charge in [-0.3, -0.25) is 0 Å². The number of aliphatic hydroxyl groups is 2. The number of methoxy groups -OCH3 is 1. The van der Waals surface area contributed by atoms with E-state index >= 15 is 0 Å². The lowest BCUT2D eigenvalue weighted by molar-refractivity contribution is 0.274. The van der Waals surface area contributed by atoms with Crippen LogP contribution in [0.5, 0.6) is 5.75 Å². The molecule has 4 N–H and O–H groups in total. The summed E-state index contributed by atoms with van der Waals surface area (Å²) in [5.74, 6) is 0.482. The van der Waals surface area contributed by atoms with Crippen molar-refractivity contribution in [1.29, 1.82) is 0 Å². The second-order valence-electron chi connectivity index (χ2n) is 2.69. The number of benzene rings is 1. The van der Waals surface area contributed by atoms with Gasteiger partial charge in [0.05, 0.1) is 26.0 Å². The quantitative estimate of drug-likeness (QED) is 0.587. The van der Waals surface area contributed by atoms with E-state index in [-0.39, 0.29) is 13.2 Å². The van der Waals surface area contributed by atoms with Crippen LogP contribution in [-0.4, -0.2) is 17.3 Å². The number of nitrogen functional groups attached to an aromatic ring is 1. The predicted molar refractivity (Wildman–Crippen MR) is 49.3 cm³/mol. The molecule has 4 nitrogen and oxygen atoms in total. The van der Waals surface area contributed by atoms with Gasteiger partial charge in [-0.15, -0.1) is 0 Å². The van der Waals surface area contributed by atoms with E-state index in [9.17, 15) is 0 Å². The number of nitrogens with two attached hydrogens (primary N) is 1. The molecule has 4 heteroatoms. The van der Waals surface area contributed by atoms with Crippen LogP contribution in [0.2, 0.25) is 0 Å². The topological polar surface area (TPSA) is 75.7 Å². The molecule has 0 aliphatic heterocycles. The van der Waals surface area contributed by atoms with Gasteiger partial charge in [-0.05, 0) is 17.7 Å². The monoisotopic (exact) mass is 183 g/mol. The van der Waals surface area contributed by atoms with Crippen molar-refractivity contribution >= 4 is 5.69 Å². The van der Waals surface area contributed by atoms with Gasteiger partial charge in [0.1, 0.15) is 5.75 Å². The number of rotatable bonds is 3. The third kappa shape index (κ3) is 1.91. The van der Waals surface area contributed by atoms with Gasteiger partial charge in [0, 0.05) is 5.56 Å². The van der Waals surface area contributed by atoms with E-state index in [4.69, 9.17) is 20.7 Å². The number of ether oxygens (including phenoxy) is 1. The van der Waals surface area contributed by atoms with Gasteiger partial charge in [-0.1, -0.05) is 0 Å². The highest BCUT2D eigenvalue weighted by Gasteiger charge is 2.06. The second kappa shape index (κ2) is 4.11. The number of aliphatic hydroxyl groups excluding tert-OH is 2. The molecule has 13 heavy (non-hydrogen) atoms. The van der Waals surface area contributed by atoms with E-state index in [0.29, 0.717) is 22.6 Å². The zero-order chi connectivity index (χ0) is 9.84. The molecule has 0 aliphatic rings. The second-order valence-corrected chi connectivity index (χ2v) is 2.69. The zero-order valence-electron chi connectivity index (χ0n) is 7.45. The van der Waals surface area contributed by atoms with Crippen LogP contribution in [0.4, 0.5) is 5.69 Å². The number of hydrogen-bond acceptors (Lipinski definition) is 4. The predicted octanol–water partition coefficient (Wildman–Crippen LogP) is 0.262. The Morgan fingerprint density at radius 1 is 1.31 bits per heavy atom. The fraction of sp³-hybridized carbons (Fsp3) is 0.333. The average molecular weight is 183 g/mol. The fourth-order valence-electron chi connectivity index (χ4n) is 1.14. The molecule has 0 spiro atoms. The zero-order valence-corrected chi connectivity index (χ0v) is 7.45. The van der Waals surface area contributed by atoms with Gasteiger partial charge in [-0.2, -0.15) is 0 Å². The molecule has 0 saturated heterocycles. The van der Waals surface area contributed by atoms with Crippen LogP contribution >= 0.6 is 0 Å². The van der Waals surface area contributed by atoms with Crippen LogP contribution in [0.25, 0.3) is 0 Å². The number of anilines is 1. The minimum atomic E-state index is -0.157. The Morgan fingerprint density at radius 3 is 2.46 bits per heavy atom. The van der Waals surface area contributed by atoms with Crippen LogP contribution in [0.3, 0.4) is 0 Å². The van der Waals surface area contributed by atoms with Crippen LogP contribution in [0.1, 0.15) is 11.1 Å². The molecule has 0 radical (unpaired) electrons. The first-order valence-corrected chi connectivity index (χ1v) is 3.90. The number of hydrogen-bond donors (Lipinski definition) is 3. The molecule has 0 amide bonds. The molecule has 1 aromatic rings. The fourth-order valence-corrected chi connectivity index (χ4v) is 1.14. The van der Waals surface area contributed by atoms with Crippen LogP contribution in [0, 0.1) is 0 Å². The lowest BCUT2D eigenvalue weighted by atomic mass is 10.1. The Balaban J connectivity index is 3.20. The highest BCUT2D eigenvalue weighted by atomic mass is 16.5. The summed E-state index contributed by atoms with van der Waals surface area (Å²) in [6, 6.07) is 3.30. The molecule has 1 rings (SSSR count). The maximum atomic E-state index is 8.94. The minimum Gasteiger partial charge on any atom is -0.495 e.